The first-order valence-corrected chi connectivity index (χ1v) is 7.25. The molecule has 2 aliphatic rings. The van der Waals surface area contributed by atoms with Crippen LogP contribution in [0.25, 0.3) is 0 Å². The molecule has 0 saturated carbocycles. The van der Waals surface area contributed by atoms with E-state index in [1.807, 2.05) is 13.8 Å². The summed E-state index contributed by atoms with van der Waals surface area (Å²) in [5, 5.41) is 12.7. The van der Waals surface area contributed by atoms with Gasteiger partial charge in [-0.25, -0.2) is 4.79 Å². The third-order valence-electron chi connectivity index (χ3n) is 4.30. The van der Waals surface area contributed by atoms with Crippen LogP contribution in [0.1, 0.15) is 46.0 Å². The number of nitrogens with zero attached hydrogens (tertiary/aromatic N) is 1. The van der Waals surface area contributed by atoms with Crippen LogP contribution in [0.15, 0.2) is 0 Å². The van der Waals surface area contributed by atoms with Gasteiger partial charge in [0.1, 0.15) is 6.04 Å². The number of amides is 1. The van der Waals surface area contributed by atoms with E-state index in [-0.39, 0.29) is 11.8 Å². The van der Waals surface area contributed by atoms with Gasteiger partial charge >= 0.3 is 5.97 Å². The second-order valence-electron chi connectivity index (χ2n) is 6.20. The van der Waals surface area contributed by atoms with E-state index < -0.39 is 17.6 Å². The van der Waals surface area contributed by atoms with E-state index in [1.54, 1.807) is 4.90 Å². The maximum absolute atomic E-state index is 12.6. The van der Waals surface area contributed by atoms with Crippen LogP contribution in [0.5, 0.6) is 0 Å². The second kappa shape index (κ2) is 5.49. The van der Waals surface area contributed by atoms with Crippen molar-refractivity contribution in [2.45, 2.75) is 57.5 Å². The van der Waals surface area contributed by atoms with E-state index in [9.17, 15) is 14.7 Å². The van der Waals surface area contributed by atoms with E-state index in [1.165, 1.54) is 0 Å². The largest absolute Gasteiger partial charge is 0.480 e. The second-order valence-corrected chi connectivity index (χ2v) is 6.20. The topological polar surface area (TPSA) is 69.6 Å². The number of aliphatic carboxylic acids is 1. The van der Waals surface area contributed by atoms with Gasteiger partial charge in [-0.3, -0.25) is 4.79 Å². The van der Waals surface area contributed by atoms with E-state index in [0.717, 1.165) is 32.2 Å². The number of likely N-dealkylation sites (tertiary alicyclic amines) is 1. The summed E-state index contributed by atoms with van der Waals surface area (Å²) in [4.78, 5) is 25.6. The molecule has 5 nitrogen and oxygen atoms in total. The number of hydrogen-bond acceptors (Lipinski definition) is 3. The van der Waals surface area contributed by atoms with Gasteiger partial charge in [0.05, 0.1) is 5.54 Å². The van der Waals surface area contributed by atoms with Gasteiger partial charge in [-0.1, -0.05) is 13.8 Å². The molecule has 1 spiro atoms. The Bertz CT molecular complexity index is 362. The molecule has 2 rings (SSSR count). The average molecular weight is 268 g/mol. The predicted octanol–water partition coefficient (Wildman–Crippen LogP) is 1.23. The van der Waals surface area contributed by atoms with Crippen molar-refractivity contribution in [1.82, 2.24) is 10.2 Å². The van der Waals surface area contributed by atoms with Crippen molar-refractivity contribution in [3.05, 3.63) is 0 Å². The Balaban J connectivity index is 2.12. The third kappa shape index (κ3) is 2.76. The van der Waals surface area contributed by atoms with Crippen molar-refractivity contribution in [3.63, 3.8) is 0 Å². The van der Waals surface area contributed by atoms with Gasteiger partial charge in [-0.15, -0.1) is 0 Å². The normalized spacial score (nSPS) is 29.2. The first-order valence-electron chi connectivity index (χ1n) is 7.25. The molecule has 0 aromatic carbocycles. The number of nitrogens with one attached hydrogen (secondary N) is 1. The molecular formula is C14H24N2O3. The minimum atomic E-state index is -0.880. The van der Waals surface area contributed by atoms with Gasteiger partial charge < -0.3 is 15.3 Å². The molecule has 0 aromatic rings. The summed E-state index contributed by atoms with van der Waals surface area (Å²) in [7, 11) is 0. The van der Waals surface area contributed by atoms with Crippen molar-refractivity contribution in [2.75, 3.05) is 13.1 Å². The fraction of sp³-hybridized carbons (Fsp3) is 0.857. The lowest BCUT2D eigenvalue weighted by Gasteiger charge is -2.34. The minimum absolute atomic E-state index is 0.000231. The molecule has 1 unspecified atom stereocenters. The number of carboxylic acid groups (broad SMARTS) is 1. The van der Waals surface area contributed by atoms with E-state index in [0.29, 0.717) is 13.0 Å². The number of carbonyl (C=O) groups is 2. The first kappa shape index (κ1) is 14.3. The van der Waals surface area contributed by atoms with E-state index >= 15 is 0 Å². The predicted molar refractivity (Wildman–Crippen MR) is 71.8 cm³/mol. The van der Waals surface area contributed by atoms with Crippen LogP contribution in [-0.2, 0) is 9.59 Å². The van der Waals surface area contributed by atoms with Crippen LogP contribution in [-0.4, -0.2) is 46.6 Å². The SMILES string of the molecule is CC(C)CC(C(=O)O)N1CC[C@@]2(CCCCN2)C1=O. The molecular weight excluding hydrogens is 244 g/mol. The molecule has 2 aliphatic heterocycles. The van der Waals surface area contributed by atoms with Gasteiger partial charge in [0.25, 0.3) is 0 Å². The van der Waals surface area contributed by atoms with Crippen molar-refractivity contribution in [2.24, 2.45) is 5.92 Å². The van der Waals surface area contributed by atoms with Gasteiger partial charge in [-0.2, -0.15) is 0 Å². The lowest BCUT2D eigenvalue weighted by Crippen LogP contribution is -2.56. The smallest absolute Gasteiger partial charge is 0.326 e. The summed E-state index contributed by atoms with van der Waals surface area (Å²) in [5.41, 5.74) is -0.469. The number of carboxylic acids is 1. The van der Waals surface area contributed by atoms with Gasteiger partial charge in [0.2, 0.25) is 5.91 Å². The molecule has 108 valence electrons. The first-order chi connectivity index (χ1) is 8.96. The maximum atomic E-state index is 12.6. The van der Waals surface area contributed by atoms with E-state index in [4.69, 9.17) is 0 Å². The Labute approximate surface area is 114 Å². The number of piperidine rings is 1. The lowest BCUT2D eigenvalue weighted by molar-refractivity contribution is -0.150. The van der Waals surface area contributed by atoms with Gasteiger partial charge in [-0.05, 0) is 44.6 Å². The zero-order valence-corrected chi connectivity index (χ0v) is 11.8. The molecule has 0 aliphatic carbocycles. The van der Waals surface area contributed by atoms with Crippen LogP contribution in [0, 0.1) is 5.92 Å². The minimum Gasteiger partial charge on any atom is -0.480 e. The van der Waals surface area contributed by atoms with Gasteiger partial charge in [0, 0.05) is 6.54 Å². The molecule has 2 heterocycles. The standard InChI is InChI=1S/C14H24N2O3/c1-10(2)9-11(12(17)18)16-8-6-14(13(16)19)5-3-4-7-15-14/h10-11,15H,3-9H2,1-2H3,(H,17,18)/t11?,14-/m0/s1. The Hall–Kier alpha value is -1.10. The number of rotatable bonds is 4. The summed E-state index contributed by atoms with van der Waals surface area (Å²) < 4.78 is 0. The summed E-state index contributed by atoms with van der Waals surface area (Å²) in [5.74, 6) is -0.611. The monoisotopic (exact) mass is 268 g/mol. The highest BCUT2D eigenvalue weighted by molar-refractivity contribution is 5.92. The fourth-order valence-corrected chi connectivity index (χ4v) is 3.26. The Morgan fingerprint density at radius 3 is 2.68 bits per heavy atom. The molecule has 19 heavy (non-hydrogen) atoms. The van der Waals surface area contributed by atoms with Crippen molar-refractivity contribution < 1.29 is 14.7 Å². The number of carbonyl (C=O) groups excluding carboxylic acids is 1. The van der Waals surface area contributed by atoms with Crippen LogP contribution >= 0.6 is 0 Å². The summed E-state index contributed by atoms with van der Waals surface area (Å²) in [6.07, 6.45) is 4.26. The average Bonchev–Trinajstić information content (AvgIpc) is 2.65. The Morgan fingerprint density at radius 1 is 1.42 bits per heavy atom. The zero-order chi connectivity index (χ0) is 14.0. The molecule has 0 radical (unpaired) electrons. The van der Waals surface area contributed by atoms with Crippen molar-refractivity contribution >= 4 is 11.9 Å². The quantitative estimate of drug-likeness (QED) is 0.804. The summed E-state index contributed by atoms with van der Waals surface area (Å²) in [6.45, 7) is 5.41. The van der Waals surface area contributed by atoms with Gasteiger partial charge in [0.15, 0.2) is 0 Å². The highest BCUT2D eigenvalue weighted by Gasteiger charge is 2.49. The molecule has 2 atom stereocenters. The molecule has 2 fully saturated rings. The summed E-state index contributed by atoms with van der Waals surface area (Å²) in [6, 6.07) is -0.671. The molecule has 2 N–H and O–H groups in total. The Morgan fingerprint density at radius 2 is 2.16 bits per heavy atom. The molecule has 0 bridgehead atoms. The molecule has 0 aromatic heterocycles. The number of hydrogen-bond donors (Lipinski definition) is 2. The maximum Gasteiger partial charge on any atom is 0.326 e. The fourth-order valence-electron chi connectivity index (χ4n) is 3.26. The van der Waals surface area contributed by atoms with Crippen LogP contribution in [0.3, 0.4) is 0 Å². The van der Waals surface area contributed by atoms with Crippen LogP contribution < -0.4 is 5.32 Å². The highest BCUT2D eigenvalue weighted by atomic mass is 16.4. The Kier molecular flexibility index (Phi) is 4.13. The van der Waals surface area contributed by atoms with E-state index in [2.05, 4.69) is 5.32 Å². The lowest BCUT2D eigenvalue weighted by atomic mass is 9.87. The summed E-state index contributed by atoms with van der Waals surface area (Å²) >= 11 is 0. The molecule has 2 saturated heterocycles. The van der Waals surface area contributed by atoms with Crippen molar-refractivity contribution in [1.29, 1.82) is 0 Å². The third-order valence-corrected chi connectivity index (χ3v) is 4.30. The molecule has 5 heteroatoms. The van der Waals surface area contributed by atoms with Crippen LogP contribution in [0.2, 0.25) is 0 Å². The van der Waals surface area contributed by atoms with Crippen molar-refractivity contribution in [3.8, 4) is 0 Å². The van der Waals surface area contributed by atoms with Crippen LogP contribution in [0.4, 0.5) is 0 Å². The zero-order valence-electron chi connectivity index (χ0n) is 11.8. The highest BCUT2D eigenvalue weighted by Crippen LogP contribution is 2.33. The molecule has 1 amide bonds.